The molecule has 0 aliphatic heterocycles. The van der Waals surface area contributed by atoms with E-state index in [2.05, 4.69) is 21.6 Å². The van der Waals surface area contributed by atoms with E-state index in [0.29, 0.717) is 11.6 Å². The smallest absolute Gasteiger partial charge is 0.271 e. The van der Waals surface area contributed by atoms with Crippen LogP contribution in [0.25, 0.3) is 5.69 Å². The van der Waals surface area contributed by atoms with Crippen molar-refractivity contribution in [2.24, 2.45) is 0 Å². The van der Waals surface area contributed by atoms with Crippen molar-refractivity contribution >= 4 is 29.0 Å². The zero-order valence-electron chi connectivity index (χ0n) is 19.1. The maximum absolute atomic E-state index is 14.1. The average molecular weight is 492 g/mol. The zero-order valence-corrected chi connectivity index (χ0v) is 19.9. The van der Waals surface area contributed by atoms with Crippen LogP contribution in [0, 0.1) is 29.8 Å². The first-order chi connectivity index (χ1) is 16.8. The number of carbonyl (C=O) groups excluding carboxylic acids is 1. The van der Waals surface area contributed by atoms with Gasteiger partial charge in [-0.05, 0) is 37.1 Å². The fraction of sp³-hybridized carbons (Fsp3) is 0.160. The van der Waals surface area contributed by atoms with Gasteiger partial charge >= 0.3 is 0 Å². The lowest BCUT2D eigenvalue weighted by Gasteiger charge is -2.14. The molecule has 4 aromatic rings. The standard InChI is InChI=1S/C25H22FN5O3S/c1-16-8-11-22(17(2)12-16)30-23(13-18-6-4-3-5-7-18)28-29-25(30)35-15-24(32)27-21-14-19(31(33)34)9-10-20(21)26/h3-12,14H,13,15H2,1-2H3,(H,27,32). The third kappa shape index (κ3) is 5.72. The van der Waals surface area contributed by atoms with Gasteiger partial charge in [-0.2, -0.15) is 0 Å². The van der Waals surface area contributed by atoms with E-state index in [1.165, 1.54) is 0 Å². The molecule has 10 heteroatoms. The van der Waals surface area contributed by atoms with Crippen LogP contribution in [0.4, 0.5) is 15.8 Å². The number of non-ortho nitro benzene ring substituents is 1. The van der Waals surface area contributed by atoms with E-state index in [4.69, 9.17) is 0 Å². The Labute approximate surface area is 205 Å². The molecule has 3 aromatic carbocycles. The molecule has 1 heterocycles. The van der Waals surface area contributed by atoms with Gasteiger partial charge in [0.25, 0.3) is 5.69 Å². The van der Waals surface area contributed by atoms with E-state index in [0.717, 1.165) is 58.2 Å². The highest BCUT2D eigenvalue weighted by molar-refractivity contribution is 7.99. The minimum absolute atomic E-state index is 0.0868. The lowest BCUT2D eigenvalue weighted by Crippen LogP contribution is -2.16. The number of thioether (sulfide) groups is 1. The fourth-order valence-corrected chi connectivity index (χ4v) is 4.39. The fourth-order valence-electron chi connectivity index (χ4n) is 3.62. The quantitative estimate of drug-likeness (QED) is 0.205. The lowest BCUT2D eigenvalue weighted by molar-refractivity contribution is -0.384. The molecule has 0 unspecified atom stereocenters. The van der Waals surface area contributed by atoms with Crippen molar-refractivity contribution in [3.8, 4) is 5.69 Å². The molecule has 35 heavy (non-hydrogen) atoms. The molecule has 0 aliphatic rings. The Morgan fingerprint density at radius 1 is 1.09 bits per heavy atom. The molecule has 0 aliphatic carbocycles. The summed E-state index contributed by atoms with van der Waals surface area (Å²) in [5.41, 5.74) is 3.57. The number of nitrogens with one attached hydrogen (secondary N) is 1. The van der Waals surface area contributed by atoms with Gasteiger partial charge < -0.3 is 5.32 Å². The highest BCUT2D eigenvalue weighted by atomic mass is 32.2. The number of aryl methyl sites for hydroxylation is 2. The maximum atomic E-state index is 14.1. The molecule has 0 spiro atoms. The Bertz CT molecular complexity index is 1390. The van der Waals surface area contributed by atoms with Crippen LogP contribution in [0.5, 0.6) is 0 Å². The third-order valence-corrected chi connectivity index (χ3v) is 6.19. The van der Waals surface area contributed by atoms with Crippen molar-refractivity contribution in [3.05, 3.63) is 105 Å². The number of amides is 1. The molecule has 0 fully saturated rings. The number of halogens is 1. The van der Waals surface area contributed by atoms with Crippen LogP contribution in [-0.2, 0) is 11.2 Å². The number of hydrogen-bond acceptors (Lipinski definition) is 6. The molecule has 0 atom stereocenters. The number of hydrogen-bond donors (Lipinski definition) is 1. The monoisotopic (exact) mass is 491 g/mol. The molecule has 4 rings (SSSR count). The predicted molar refractivity (Wildman–Crippen MR) is 132 cm³/mol. The largest absolute Gasteiger partial charge is 0.323 e. The van der Waals surface area contributed by atoms with E-state index >= 15 is 0 Å². The van der Waals surface area contributed by atoms with Gasteiger partial charge in [0.05, 0.1) is 22.1 Å². The van der Waals surface area contributed by atoms with Crippen molar-refractivity contribution in [1.82, 2.24) is 14.8 Å². The molecular weight excluding hydrogens is 469 g/mol. The SMILES string of the molecule is Cc1ccc(-n2c(Cc3ccccc3)nnc2SCC(=O)Nc2cc([N+](=O)[O-])ccc2F)c(C)c1. The summed E-state index contributed by atoms with van der Waals surface area (Å²) in [5.74, 6) is -0.640. The van der Waals surface area contributed by atoms with Gasteiger partial charge in [0.15, 0.2) is 5.16 Å². The number of anilines is 1. The van der Waals surface area contributed by atoms with Crippen molar-refractivity contribution in [2.75, 3.05) is 11.1 Å². The topological polar surface area (TPSA) is 103 Å². The number of nitro benzene ring substituents is 1. The molecular formula is C25H22FN5O3S. The first-order valence-electron chi connectivity index (χ1n) is 10.7. The molecule has 0 radical (unpaired) electrons. The second-order valence-electron chi connectivity index (χ2n) is 7.94. The normalized spacial score (nSPS) is 10.8. The van der Waals surface area contributed by atoms with Crippen molar-refractivity contribution in [1.29, 1.82) is 0 Å². The Morgan fingerprint density at radius 3 is 2.57 bits per heavy atom. The first kappa shape index (κ1) is 24.1. The predicted octanol–water partition coefficient (Wildman–Crippen LogP) is 5.25. The van der Waals surface area contributed by atoms with Crippen molar-refractivity contribution < 1.29 is 14.1 Å². The summed E-state index contributed by atoms with van der Waals surface area (Å²) < 4.78 is 16.0. The number of aromatic nitrogens is 3. The second-order valence-corrected chi connectivity index (χ2v) is 8.89. The number of nitrogens with zero attached hydrogens (tertiary/aromatic N) is 4. The van der Waals surface area contributed by atoms with Crippen LogP contribution in [-0.4, -0.2) is 31.3 Å². The summed E-state index contributed by atoms with van der Waals surface area (Å²) in [6, 6.07) is 18.9. The van der Waals surface area contributed by atoms with Crippen LogP contribution < -0.4 is 5.32 Å². The maximum Gasteiger partial charge on any atom is 0.271 e. The highest BCUT2D eigenvalue weighted by Crippen LogP contribution is 2.27. The van der Waals surface area contributed by atoms with Gasteiger partial charge in [0.2, 0.25) is 5.91 Å². The first-order valence-corrected chi connectivity index (χ1v) is 11.7. The van der Waals surface area contributed by atoms with E-state index in [-0.39, 0.29) is 17.1 Å². The molecule has 1 N–H and O–H groups in total. The third-order valence-electron chi connectivity index (χ3n) is 5.27. The average Bonchev–Trinajstić information content (AvgIpc) is 3.21. The summed E-state index contributed by atoms with van der Waals surface area (Å²) in [4.78, 5) is 22.9. The van der Waals surface area contributed by atoms with Crippen LogP contribution in [0.3, 0.4) is 0 Å². The Morgan fingerprint density at radius 2 is 1.86 bits per heavy atom. The molecule has 178 valence electrons. The second kappa shape index (κ2) is 10.5. The van der Waals surface area contributed by atoms with E-state index < -0.39 is 16.6 Å². The van der Waals surface area contributed by atoms with Crippen LogP contribution in [0.1, 0.15) is 22.5 Å². The number of benzene rings is 3. The van der Waals surface area contributed by atoms with Crippen LogP contribution in [0.15, 0.2) is 71.9 Å². The Balaban J connectivity index is 1.58. The summed E-state index contributed by atoms with van der Waals surface area (Å²) in [7, 11) is 0. The zero-order chi connectivity index (χ0) is 24.9. The van der Waals surface area contributed by atoms with E-state index in [1.807, 2.05) is 60.9 Å². The molecule has 8 nitrogen and oxygen atoms in total. The summed E-state index contributed by atoms with van der Waals surface area (Å²) in [6.45, 7) is 4.02. The van der Waals surface area contributed by atoms with Gasteiger partial charge in [-0.1, -0.05) is 59.8 Å². The van der Waals surface area contributed by atoms with Gasteiger partial charge in [0.1, 0.15) is 11.6 Å². The Hall–Kier alpha value is -4.05. The summed E-state index contributed by atoms with van der Waals surface area (Å²) in [6.07, 6.45) is 0.548. The lowest BCUT2D eigenvalue weighted by atomic mass is 10.1. The van der Waals surface area contributed by atoms with Gasteiger partial charge in [-0.3, -0.25) is 19.5 Å². The molecule has 0 bridgehead atoms. The van der Waals surface area contributed by atoms with E-state index in [1.54, 1.807) is 0 Å². The highest BCUT2D eigenvalue weighted by Gasteiger charge is 2.19. The summed E-state index contributed by atoms with van der Waals surface area (Å²) in [5, 5.41) is 22.6. The summed E-state index contributed by atoms with van der Waals surface area (Å²) >= 11 is 1.15. The number of rotatable bonds is 8. The number of carbonyl (C=O) groups is 1. The number of nitro groups is 1. The minimum Gasteiger partial charge on any atom is -0.323 e. The van der Waals surface area contributed by atoms with Gasteiger partial charge in [-0.25, -0.2) is 4.39 Å². The van der Waals surface area contributed by atoms with Gasteiger partial charge in [-0.15, -0.1) is 10.2 Å². The molecule has 0 saturated carbocycles. The van der Waals surface area contributed by atoms with Crippen LogP contribution >= 0.6 is 11.8 Å². The minimum atomic E-state index is -0.752. The Kier molecular flexibility index (Phi) is 7.21. The van der Waals surface area contributed by atoms with E-state index in [9.17, 15) is 19.3 Å². The molecule has 0 saturated heterocycles. The van der Waals surface area contributed by atoms with Crippen LogP contribution in [0.2, 0.25) is 0 Å². The van der Waals surface area contributed by atoms with Crippen molar-refractivity contribution in [3.63, 3.8) is 0 Å². The van der Waals surface area contributed by atoms with Gasteiger partial charge in [0, 0.05) is 18.6 Å². The molecule has 1 aromatic heterocycles. The van der Waals surface area contributed by atoms with Crippen molar-refractivity contribution in [2.45, 2.75) is 25.4 Å². The molecule has 1 amide bonds.